The molecule has 294 valence electrons. The van der Waals surface area contributed by atoms with Gasteiger partial charge in [0.05, 0.1) is 16.8 Å². The summed E-state index contributed by atoms with van der Waals surface area (Å²) in [5.74, 6) is 0. The van der Waals surface area contributed by atoms with Gasteiger partial charge in [-0.25, -0.2) is 0 Å². The zero-order chi connectivity index (χ0) is 41.2. The lowest BCUT2D eigenvalue weighted by atomic mass is 9.70. The van der Waals surface area contributed by atoms with Gasteiger partial charge in [-0.3, -0.25) is 0 Å². The molecule has 1 aromatic heterocycles. The number of anilines is 3. The zero-order valence-corrected chi connectivity index (χ0v) is 36.5. The lowest BCUT2D eigenvalue weighted by Crippen LogP contribution is -2.26. The molecule has 0 bridgehead atoms. The molecule has 0 unspecified atom stereocenters. The summed E-state index contributed by atoms with van der Waals surface area (Å²) < 4.78 is 2.63. The van der Waals surface area contributed by atoms with Crippen LogP contribution in [0.4, 0.5) is 17.1 Å². The first-order valence-electron chi connectivity index (χ1n) is 22.0. The molecule has 61 heavy (non-hydrogen) atoms. The normalized spacial score (nSPS) is 17.1. The van der Waals surface area contributed by atoms with Crippen LogP contribution in [-0.2, 0) is 21.7 Å². The van der Waals surface area contributed by atoms with Gasteiger partial charge in [0, 0.05) is 42.4 Å². The Morgan fingerprint density at radius 2 is 0.918 bits per heavy atom. The molecule has 0 amide bonds. The molecule has 0 N–H and O–H groups in total. The molecule has 0 radical (unpaired) electrons. The van der Waals surface area contributed by atoms with Gasteiger partial charge in [0.1, 0.15) is 0 Å². The largest absolute Gasteiger partial charge is 0.309 e. The van der Waals surface area contributed by atoms with Gasteiger partial charge < -0.3 is 4.90 Å². The third kappa shape index (κ3) is 4.41. The maximum atomic E-state index is 2.64. The van der Waals surface area contributed by atoms with Crippen LogP contribution in [0.5, 0.6) is 0 Å². The SMILES string of the molecule is CC1(C)CC(C)(C)c2cc3c(cc21)-c1c(N(c2ccc4c(c2)sc2ccccc24)c2cccc4c2-c2ccccc2C42c4ccccc4-c4ccccc42)cccc1C3(C)C. The number of hydrogen-bond donors (Lipinski definition) is 0. The van der Waals surface area contributed by atoms with E-state index in [1.807, 2.05) is 11.3 Å². The van der Waals surface area contributed by atoms with Crippen molar-refractivity contribution in [1.82, 2.24) is 0 Å². The molecule has 1 spiro atoms. The highest BCUT2D eigenvalue weighted by molar-refractivity contribution is 7.25. The van der Waals surface area contributed by atoms with Gasteiger partial charge in [0.15, 0.2) is 0 Å². The molecule has 4 aliphatic rings. The minimum absolute atomic E-state index is 0.0910. The molecule has 0 saturated carbocycles. The predicted octanol–water partition coefficient (Wildman–Crippen LogP) is 16.1. The van der Waals surface area contributed by atoms with Gasteiger partial charge in [-0.15, -0.1) is 11.3 Å². The van der Waals surface area contributed by atoms with Crippen molar-refractivity contribution < 1.29 is 0 Å². The van der Waals surface area contributed by atoms with E-state index in [0.29, 0.717) is 0 Å². The number of rotatable bonds is 3. The van der Waals surface area contributed by atoms with E-state index < -0.39 is 5.41 Å². The Balaban J connectivity index is 1.14. The second kappa shape index (κ2) is 11.8. The van der Waals surface area contributed by atoms with E-state index in [1.54, 1.807) is 0 Å². The van der Waals surface area contributed by atoms with Crippen LogP contribution in [0, 0.1) is 0 Å². The number of thiophene rings is 1. The molecule has 13 rings (SSSR count). The molecule has 0 aliphatic heterocycles. The smallest absolute Gasteiger partial charge is 0.0726 e. The summed E-state index contributed by atoms with van der Waals surface area (Å²) in [6.07, 6.45) is 1.15. The lowest BCUT2D eigenvalue weighted by Gasteiger charge is -2.32. The molecule has 2 heteroatoms. The fourth-order valence-corrected chi connectivity index (χ4v) is 14.1. The first-order valence-corrected chi connectivity index (χ1v) is 22.8. The highest BCUT2D eigenvalue weighted by Gasteiger charge is 2.53. The van der Waals surface area contributed by atoms with Crippen molar-refractivity contribution in [3.05, 3.63) is 208 Å². The fraction of sp³-hybridized carbons (Fsp3) is 0.186. The first kappa shape index (κ1) is 35.5. The Kier molecular flexibility index (Phi) is 6.86. The molecule has 0 atom stereocenters. The van der Waals surface area contributed by atoms with E-state index in [0.717, 1.165) is 6.42 Å². The molecular weight excluding hydrogens is 755 g/mol. The summed E-state index contributed by atoms with van der Waals surface area (Å²) in [5, 5.41) is 2.64. The van der Waals surface area contributed by atoms with Crippen LogP contribution < -0.4 is 4.90 Å². The summed E-state index contributed by atoms with van der Waals surface area (Å²) in [5.41, 5.74) is 22.6. The molecule has 0 saturated heterocycles. The van der Waals surface area contributed by atoms with Gasteiger partial charge in [0.25, 0.3) is 0 Å². The van der Waals surface area contributed by atoms with E-state index in [-0.39, 0.29) is 16.2 Å². The van der Waals surface area contributed by atoms with Crippen molar-refractivity contribution in [1.29, 1.82) is 0 Å². The Hall–Kier alpha value is -6.22. The Labute approximate surface area is 363 Å². The minimum atomic E-state index is -0.428. The van der Waals surface area contributed by atoms with E-state index in [4.69, 9.17) is 0 Å². The number of fused-ring (bicyclic) bond motifs is 17. The van der Waals surface area contributed by atoms with E-state index in [1.165, 1.54) is 115 Å². The molecule has 1 nitrogen and oxygen atoms in total. The summed E-state index contributed by atoms with van der Waals surface area (Å²) >= 11 is 1.90. The molecule has 8 aromatic carbocycles. The van der Waals surface area contributed by atoms with E-state index >= 15 is 0 Å². The van der Waals surface area contributed by atoms with Crippen LogP contribution in [0.25, 0.3) is 53.6 Å². The minimum Gasteiger partial charge on any atom is -0.309 e. The first-order chi connectivity index (χ1) is 29.5. The highest BCUT2D eigenvalue weighted by Crippen LogP contribution is 2.66. The van der Waals surface area contributed by atoms with Crippen LogP contribution in [0.1, 0.15) is 92.5 Å². The van der Waals surface area contributed by atoms with Crippen LogP contribution in [-0.4, -0.2) is 0 Å². The van der Waals surface area contributed by atoms with Crippen molar-refractivity contribution in [3.8, 4) is 33.4 Å². The maximum Gasteiger partial charge on any atom is 0.0726 e. The van der Waals surface area contributed by atoms with Gasteiger partial charge in [0.2, 0.25) is 0 Å². The monoisotopic (exact) mass is 801 g/mol. The van der Waals surface area contributed by atoms with E-state index in [9.17, 15) is 0 Å². The highest BCUT2D eigenvalue weighted by atomic mass is 32.1. The molecule has 1 heterocycles. The summed E-state index contributed by atoms with van der Waals surface area (Å²) in [6.45, 7) is 14.7. The van der Waals surface area contributed by atoms with Gasteiger partial charge in [-0.1, -0.05) is 169 Å². The van der Waals surface area contributed by atoms with Crippen molar-refractivity contribution in [2.75, 3.05) is 4.90 Å². The number of nitrogens with zero attached hydrogens (tertiary/aromatic N) is 1. The third-order valence-electron chi connectivity index (χ3n) is 15.3. The average molecular weight is 802 g/mol. The van der Waals surface area contributed by atoms with Gasteiger partial charge >= 0.3 is 0 Å². The van der Waals surface area contributed by atoms with Crippen molar-refractivity contribution >= 4 is 48.6 Å². The second-order valence-corrected chi connectivity index (χ2v) is 21.0. The lowest BCUT2D eigenvalue weighted by molar-refractivity contribution is 0.403. The topological polar surface area (TPSA) is 3.24 Å². The Bertz CT molecular complexity index is 3340. The quantitative estimate of drug-likeness (QED) is 0.172. The predicted molar refractivity (Wildman–Crippen MR) is 259 cm³/mol. The Morgan fingerprint density at radius 3 is 1.61 bits per heavy atom. The zero-order valence-electron chi connectivity index (χ0n) is 35.7. The van der Waals surface area contributed by atoms with Gasteiger partial charge in [-0.2, -0.15) is 0 Å². The summed E-state index contributed by atoms with van der Waals surface area (Å²) in [6, 6.07) is 63.1. The standard InChI is InChI=1S/C59H47NS/c1-56(2)34-57(3,4)49-33-47-41(32-48(49)56)55-45(58(47,5)6)24-15-26-51(55)60(35-29-30-39-38-19-10-14-28-52(38)61-53(39)31-35)50-27-16-25-46-54(50)40-20-9-13-23-44(40)59(46)42-21-11-7-17-36(42)37-18-8-12-22-43(37)59/h7-33H,34H2,1-6H3. The summed E-state index contributed by atoms with van der Waals surface area (Å²) in [7, 11) is 0. The Morgan fingerprint density at radius 1 is 0.393 bits per heavy atom. The fourth-order valence-electron chi connectivity index (χ4n) is 13.0. The molecule has 9 aromatic rings. The summed E-state index contributed by atoms with van der Waals surface area (Å²) in [4.78, 5) is 2.64. The third-order valence-corrected chi connectivity index (χ3v) is 16.4. The number of benzene rings is 8. The maximum absolute atomic E-state index is 2.64. The van der Waals surface area contributed by atoms with Crippen LogP contribution in [0.2, 0.25) is 0 Å². The van der Waals surface area contributed by atoms with Gasteiger partial charge in [-0.05, 0) is 120 Å². The van der Waals surface area contributed by atoms with Crippen LogP contribution >= 0.6 is 11.3 Å². The molecular formula is C59H47NS. The van der Waals surface area contributed by atoms with Crippen LogP contribution in [0.3, 0.4) is 0 Å². The average Bonchev–Trinajstić information content (AvgIpc) is 3.99. The number of hydrogen-bond acceptors (Lipinski definition) is 2. The van der Waals surface area contributed by atoms with Crippen LogP contribution in [0.15, 0.2) is 164 Å². The van der Waals surface area contributed by atoms with Crippen molar-refractivity contribution in [3.63, 3.8) is 0 Å². The van der Waals surface area contributed by atoms with E-state index in [2.05, 4.69) is 210 Å². The van der Waals surface area contributed by atoms with Crippen molar-refractivity contribution in [2.24, 2.45) is 0 Å². The molecule has 4 aliphatic carbocycles. The second-order valence-electron chi connectivity index (χ2n) is 19.9. The molecule has 0 fully saturated rings. The van der Waals surface area contributed by atoms with Crippen molar-refractivity contribution in [2.45, 2.75) is 69.6 Å².